The molecule has 0 aliphatic heterocycles. The second-order valence-corrected chi connectivity index (χ2v) is 7.17. The first-order chi connectivity index (χ1) is 15.9. The molecule has 1 saturated carbocycles. The summed E-state index contributed by atoms with van der Waals surface area (Å²) >= 11 is 0. The molecule has 7 nitrogen and oxygen atoms in total. The highest BCUT2D eigenvalue weighted by Crippen LogP contribution is 2.34. The van der Waals surface area contributed by atoms with Gasteiger partial charge in [0.25, 0.3) is 0 Å². The molecule has 1 aromatic rings. The number of carbonyl (C=O) groups is 2. The second-order valence-electron chi connectivity index (χ2n) is 7.17. The standard InChI is InChI=1S/C14H14O4.C8H16O2.C4H6O/c1-3-9-17-13(15)11-7-5-6-8-12(11)14(16)18-10-4-2;9-6-8(7-10)4-2-1-3-5-8;1-3-5-4-2/h3-8H,1-2,9-10H2;9-10H,1-7H2;3-4H,1-2H2. The van der Waals surface area contributed by atoms with Crippen molar-refractivity contribution < 1.29 is 34.0 Å². The van der Waals surface area contributed by atoms with Gasteiger partial charge in [0.05, 0.1) is 36.9 Å². The Morgan fingerprint density at radius 1 is 0.818 bits per heavy atom. The van der Waals surface area contributed by atoms with Crippen molar-refractivity contribution in [1.29, 1.82) is 0 Å². The van der Waals surface area contributed by atoms with E-state index in [1.165, 1.54) is 56.1 Å². The summed E-state index contributed by atoms with van der Waals surface area (Å²) in [6.45, 7) is 13.9. The van der Waals surface area contributed by atoms with Crippen LogP contribution in [0.2, 0.25) is 0 Å². The van der Waals surface area contributed by atoms with Crippen molar-refractivity contribution in [3.63, 3.8) is 0 Å². The topological polar surface area (TPSA) is 102 Å². The van der Waals surface area contributed by atoms with Crippen molar-refractivity contribution in [3.8, 4) is 0 Å². The minimum absolute atomic E-state index is 0.0921. The fourth-order valence-corrected chi connectivity index (χ4v) is 3.00. The average molecular weight is 461 g/mol. The molecule has 0 unspecified atom stereocenters. The molecule has 1 aliphatic rings. The second kappa shape index (κ2) is 18.4. The number of hydrogen-bond acceptors (Lipinski definition) is 7. The van der Waals surface area contributed by atoms with Crippen LogP contribution >= 0.6 is 0 Å². The molecule has 1 fully saturated rings. The minimum atomic E-state index is -0.582. The lowest BCUT2D eigenvalue weighted by molar-refractivity contribution is 0.0234. The predicted octanol–water partition coefficient (Wildman–Crippen LogP) is 4.58. The minimum Gasteiger partial charge on any atom is -0.474 e. The molecule has 0 aromatic heterocycles. The van der Waals surface area contributed by atoms with Crippen molar-refractivity contribution in [1.82, 2.24) is 0 Å². The van der Waals surface area contributed by atoms with Crippen LogP contribution in [0.25, 0.3) is 0 Å². The Bertz CT molecular complexity index is 694. The van der Waals surface area contributed by atoms with Crippen LogP contribution in [0.5, 0.6) is 0 Å². The Morgan fingerprint density at radius 2 is 1.24 bits per heavy atom. The fraction of sp³-hybridized carbons (Fsp3) is 0.385. The molecule has 0 atom stereocenters. The third kappa shape index (κ3) is 11.9. The lowest BCUT2D eigenvalue weighted by atomic mass is 9.75. The highest BCUT2D eigenvalue weighted by atomic mass is 16.5. The van der Waals surface area contributed by atoms with Crippen molar-refractivity contribution in [2.24, 2.45) is 5.41 Å². The molecule has 0 bridgehead atoms. The van der Waals surface area contributed by atoms with Gasteiger partial charge in [-0.1, -0.05) is 69.9 Å². The van der Waals surface area contributed by atoms with Gasteiger partial charge in [-0.15, -0.1) is 0 Å². The first-order valence-corrected chi connectivity index (χ1v) is 10.7. The number of aliphatic hydroxyl groups is 2. The van der Waals surface area contributed by atoms with Crippen LogP contribution < -0.4 is 0 Å². The van der Waals surface area contributed by atoms with Crippen molar-refractivity contribution in [2.45, 2.75) is 32.1 Å². The van der Waals surface area contributed by atoms with Crippen LogP contribution in [0.1, 0.15) is 52.8 Å². The largest absolute Gasteiger partial charge is 0.474 e. The molecule has 0 saturated heterocycles. The van der Waals surface area contributed by atoms with E-state index in [4.69, 9.17) is 19.7 Å². The summed E-state index contributed by atoms with van der Waals surface area (Å²) in [6.07, 6.45) is 11.1. The molecular formula is C26H36O7. The SMILES string of the molecule is C=CCOC(=O)c1ccccc1C(=O)OCC=C.C=COC=C.OCC1(CO)CCCCC1. The van der Waals surface area contributed by atoms with Crippen LogP contribution in [0.15, 0.2) is 75.3 Å². The van der Waals surface area contributed by atoms with E-state index < -0.39 is 11.9 Å². The van der Waals surface area contributed by atoms with Gasteiger partial charge < -0.3 is 24.4 Å². The number of rotatable bonds is 10. The first-order valence-electron chi connectivity index (χ1n) is 10.7. The molecule has 7 heteroatoms. The number of carbonyl (C=O) groups excluding carboxylic acids is 2. The zero-order valence-electron chi connectivity index (χ0n) is 19.2. The highest BCUT2D eigenvalue weighted by molar-refractivity contribution is 6.03. The summed E-state index contributed by atoms with van der Waals surface area (Å²) in [5.74, 6) is -1.16. The summed E-state index contributed by atoms with van der Waals surface area (Å²) < 4.78 is 14.1. The van der Waals surface area contributed by atoms with Crippen molar-refractivity contribution >= 4 is 11.9 Å². The third-order valence-electron chi connectivity index (χ3n) is 4.81. The quantitative estimate of drug-likeness (QED) is 0.299. The molecule has 0 amide bonds. The molecule has 0 radical (unpaired) electrons. The summed E-state index contributed by atoms with van der Waals surface area (Å²) in [4.78, 5) is 23.4. The Kier molecular flexibility index (Phi) is 16.7. The van der Waals surface area contributed by atoms with Crippen LogP contribution in [-0.2, 0) is 14.2 Å². The predicted molar refractivity (Wildman–Crippen MR) is 129 cm³/mol. The van der Waals surface area contributed by atoms with E-state index >= 15 is 0 Å². The molecule has 2 rings (SSSR count). The lowest BCUT2D eigenvalue weighted by Crippen LogP contribution is -2.31. The zero-order valence-corrected chi connectivity index (χ0v) is 19.2. The highest BCUT2D eigenvalue weighted by Gasteiger charge is 2.30. The molecule has 2 N–H and O–H groups in total. The normalized spacial score (nSPS) is 13.4. The van der Waals surface area contributed by atoms with E-state index in [2.05, 4.69) is 31.1 Å². The Hall–Kier alpha value is -3.16. The third-order valence-corrected chi connectivity index (χ3v) is 4.81. The molecule has 0 heterocycles. The Labute approximate surface area is 196 Å². The van der Waals surface area contributed by atoms with Gasteiger partial charge in [0.15, 0.2) is 0 Å². The van der Waals surface area contributed by atoms with Crippen LogP contribution in [0, 0.1) is 5.41 Å². The van der Waals surface area contributed by atoms with Gasteiger partial charge in [-0.3, -0.25) is 0 Å². The maximum Gasteiger partial charge on any atom is 0.339 e. The van der Waals surface area contributed by atoms with Gasteiger partial charge in [-0.05, 0) is 25.0 Å². The van der Waals surface area contributed by atoms with E-state index in [1.54, 1.807) is 12.1 Å². The summed E-state index contributed by atoms with van der Waals surface area (Å²) in [5, 5.41) is 18.0. The Balaban J connectivity index is 0.000000569. The summed E-state index contributed by atoms with van der Waals surface area (Å²) in [7, 11) is 0. The van der Waals surface area contributed by atoms with Gasteiger partial charge in [-0.25, -0.2) is 9.59 Å². The molecule has 182 valence electrons. The number of aliphatic hydroxyl groups excluding tert-OH is 2. The van der Waals surface area contributed by atoms with E-state index in [9.17, 15) is 9.59 Å². The molecule has 1 aliphatic carbocycles. The van der Waals surface area contributed by atoms with Crippen molar-refractivity contribution in [3.05, 3.63) is 86.4 Å². The average Bonchev–Trinajstić information content (AvgIpc) is 2.87. The van der Waals surface area contributed by atoms with E-state index in [0.29, 0.717) is 0 Å². The maximum atomic E-state index is 11.7. The maximum absolute atomic E-state index is 11.7. The first kappa shape index (κ1) is 29.8. The Morgan fingerprint density at radius 3 is 1.52 bits per heavy atom. The van der Waals surface area contributed by atoms with Gasteiger partial charge in [0, 0.05) is 5.41 Å². The van der Waals surface area contributed by atoms with Crippen LogP contribution in [0.4, 0.5) is 0 Å². The lowest BCUT2D eigenvalue weighted by Gasteiger charge is -2.33. The molecular weight excluding hydrogens is 424 g/mol. The number of benzene rings is 1. The number of ether oxygens (including phenoxy) is 3. The monoisotopic (exact) mass is 460 g/mol. The number of esters is 2. The van der Waals surface area contributed by atoms with Gasteiger partial charge >= 0.3 is 11.9 Å². The van der Waals surface area contributed by atoms with E-state index in [-0.39, 0.29) is 43.0 Å². The fourth-order valence-electron chi connectivity index (χ4n) is 3.00. The number of hydrogen-bond donors (Lipinski definition) is 2. The van der Waals surface area contributed by atoms with E-state index in [0.717, 1.165) is 12.8 Å². The summed E-state index contributed by atoms with van der Waals surface area (Å²) in [5.41, 5.74) is 0.222. The van der Waals surface area contributed by atoms with Crippen LogP contribution in [-0.4, -0.2) is 48.6 Å². The van der Waals surface area contributed by atoms with Crippen molar-refractivity contribution in [2.75, 3.05) is 26.4 Å². The van der Waals surface area contributed by atoms with Gasteiger partial charge in [0.1, 0.15) is 13.2 Å². The van der Waals surface area contributed by atoms with E-state index in [1.807, 2.05) is 0 Å². The molecule has 33 heavy (non-hydrogen) atoms. The molecule has 1 aromatic carbocycles. The molecule has 0 spiro atoms. The van der Waals surface area contributed by atoms with Gasteiger partial charge in [0.2, 0.25) is 0 Å². The summed E-state index contributed by atoms with van der Waals surface area (Å²) in [6, 6.07) is 6.31. The van der Waals surface area contributed by atoms with Gasteiger partial charge in [-0.2, -0.15) is 0 Å². The smallest absolute Gasteiger partial charge is 0.339 e. The van der Waals surface area contributed by atoms with Crippen LogP contribution in [0.3, 0.4) is 0 Å². The zero-order chi connectivity index (χ0) is 25.0.